The van der Waals surface area contributed by atoms with Gasteiger partial charge in [0.25, 0.3) is 0 Å². The van der Waals surface area contributed by atoms with Crippen molar-refractivity contribution in [2.45, 2.75) is 18.9 Å². The van der Waals surface area contributed by atoms with E-state index in [9.17, 15) is 0 Å². The molecule has 2 heterocycles. The smallest absolute Gasteiger partial charge is 0.127 e. The number of pyridine rings is 1. The first-order chi connectivity index (χ1) is 7.38. The van der Waals surface area contributed by atoms with Gasteiger partial charge in [0.05, 0.1) is 11.6 Å². The van der Waals surface area contributed by atoms with E-state index < -0.39 is 0 Å². The highest BCUT2D eigenvalue weighted by Gasteiger charge is 2.13. The molecule has 1 atom stereocenters. The molecule has 0 aromatic carbocycles. The van der Waals surface area contributed by atoms with Crippen molar-refractivity contribution in [3.8, 4) is 6.07 Å². The second-order valence-corrected chi connectivity index (χ2v) is 3.72. The molecule has 15 heavy (non-hydrogen) atoms. The normalized spacial score (nSPS) is 19.8. The van der Waals surface area contributed by atoms with Crippen LogP contribution in [0, 0.1) is 11.3 Å². The van der Waals surface area contributed by atoms with E-state index in [1.165, 1.54) is 12.8 Å². The highest BCUT2D eigenvalue weighted by atomic mass is 15.0. The summed E-state index contributed by atoms with van der Waals surface area (Å²) in [4.78, 5) is 4.16. The number of nitrogens with one attached hydrogen (secondary N) is 2. The van der Waals surface area contributed by atoms with Crippen LogP contribution in [0.25, 0.3) is 0 Å². The van der Waals surface area contributed by atoms with Crippen LogP contribution in [0.15, 0.2) is 18.3 Å². The SMILES string of the molecule is N#Cc1ccnc(NC[C@@H]2CCCN2)c1. The molecule has 0 aliphatic carbocycles. The minimum atomic E-state index is 0.539. The third kappa shape index (κ3) is 2.67. The van der Waals surface area contributed by atoms with Crippen molar-refractivity contribution in [1.82, 2.24) is 10.3 Å². The lowest BCUT2D eigenvalue weighted by Gasteiger charge is -2.11. The van der Waals surface area contributed by atoms with E-state index in [2.05, 4.69) is 21.7 Å². The van der Waals surface area contributed by atoms with E-state index in [1.807, 2.05) is 0 Å². The molecule has 2 rings (SSSR count). The molecule has 1 saturated heterocycles. The highest BCUT2D eigenvalue weighted by molar-refractivity contribution is 5.42. The van der Waals surface area contributed by atoms with Crippen LogP contribution in [0.1, 0.15) is 18.4 Å². The molecule has 78 valence electrons. The van der Waals surface area contributed by atoms with Gasteiger partial charge in [0, 0.05) is 18.8 Å². The van der Waals surface area contributed by atoms with Crippen LogP contribution in [0.4, 0.5) is 5.82 Å². The topological polar surface area (TPSA) is 60.7 Å². The van der Waals surface area contributed by atoms with E-state index in [1.54, 1.807) is 18.3 Å². The predicted molar refractivity (Wildman–Crippen MR) is 58.5 cm³/mol. The van der Waals surface area contributed by atoms with Crippen LogP contribution in [-0.4, -0.2) is 24.1 Å². The number of aromatic nitrogens is 1. The molecule has 1 aromatic rings. The van der Waals surface area contributed by atoms with Crippen molar-refractivity contribution in [2.75, 3.05) is 18.4 Å². The fourth-order valence-corrected chi connectivity index (χ4v) is 1.76. The number of hydrogen-bond acceptors (Lipinski definition) is 4. The summed E-state index contributed by atoms with van der Waals surface area (Å²) in [6.07, 6.45) is 4.12. The lowest BCUT2D eigenvalue weighted by molar-refractivity contribution is 0.632. The molecular formula is C11H14N4. The first kappa shape index (κ1) is 9.94. The Morgan fingerprint density at radius 2 is 2.60 bits per heavy atom. The Hall–Kier alpha value is -1.60. The standard InChI is InChI=1S/C11H14N4/c12-7-9-3-5-14-11(6-9)15-8-10-2-1-4-13-10/h3,5-6,10,13H,1-2,4,8H2,(H,14,15)/t10-/m0/s1. The number of anilines is 1. The Bertz CT molecular complexity index is 363. The van der Waals surface area contributed by atoms with Crippen molar-refractivity contribution < 1.29 is 0 Å². The van der Waals surface area contributed by atoms with E-state index in [0.717, 1.165) is 18.9 Å². The molecule has 1 aliphatic rings. The summed E-state index contributed by atoms with van der Waals surface area (Å²) < 4.78 is 0. The van der Waals surface area contributed by atoms with Crippen LogP contribution < -0.4 is 10.6 Å². The maximum atomic E-state index is 8.72. The van der Waals surface area contributed by atoms with Crippen molar-refractivity contribution in [3.63, 3.8) is 0 Å². The van der Waals surface area contributed by atoms with Gasteiger partial charge < -0.3 is 10.6 Å². The van der Waals surface area contributed by atoms with Crippen LogP contribution in [0.5, 0.6) is 0 Å². The quantitative estimate of drug-likeness (QED) is 0.771. The van der Waals surface area contributed by atoms with Crippen LogP contribution in [0.2, 0.25) is 0 Å². The zero-order valence-corrected chi connectivity index (χ0v) is 8.53. The largest absolute Gasteiger partial charge is 0.368 e. The first-order valence-corrected chi connectivity index (χ1v) is 5.22. The van der Waals surface area contributed by atoms with Crippen LogP contribution >= 0.6 is 0 Å². The molecule has 1 aromatic heterocycles. The number of hydrogen-bond donors (Lipinski definition) is 2. The van der Waals surface area contributed by atoms with Gasteiger partial charge in [0.2, 0.25) is 0 Å². The molecule has 2 N–H and O–H groups in total. The zero-order valence-electron chi connectivity index (χ0n) is 8.53. The maximum Gasteiger partial charge on any atom is 0.127 e. The number of nitriles is 1. The molecule has 4 heteroatoms. The second-order valence-electron chi connectivity index (χ2n) is 3.72. The first-order valence-electron chi connectivity index (χ1n) is 5.22. The summed E-state index contributed by atoms with van der Waals surface area (Å²) in [5.74, 6) is 0.780. The summed E-state index contributed by atoms with van der Waals surface area (Å²) in [5, 5.41) is 15.4. The minimum Gasteiger partial charge on any atom is -0.368 e. The summed E-state index contributed by atoms with van der Waals surface area (Å²) in [6, 6.07) is 6.12. The van der Waals surface area contributed by atoms with Gasteiger partial charge in [0.1, 0.15) is 5.82 Å². The molecule has 0 unspecified atom stereocenters. The predicted octanol–water partition coefficient (Wildman–Crippen LogP) is 1.12. The summed E-state index contributed by atoms with van der Waals surface area (Å²) in [6.45, 7) is 1.99. The Balaban J connectivity index is 1.90. The number of nitrogens with zero attached hydrogens (tertiary/aromatic N) is 2. The third-order valence-electron chi connectivity index (χ3n) is 2.58. The van der Waals surface area contributed by atoms with E-state index in [-0.39, 0.29) is 0 Å². The van der Waals surface area contributed by atoms with Gasteiger partial charge in [-0.3, -0.25) is 0 Å². The maximum absolute atomic E-state index is 8.72. The summed E-state index contributed by atoms with van der Waals surface area (Å²) in [5.41, 5.74) is 0.645. The van der Waals surface area contributed by atoms with E-state index in [4.69, 9.17) is 5.26 Å². The van der Waals surface area contributed by atoms with Gasteiger partial charge in [-0.25, -0.2) is 4.98 Å². The molecule has 0 spiro atoms. The van der Waals surface area contributed by atoms with Crippen LogP contribution in [-0.2, 0) is 0 Å². The molecule has 0 radical (unpaired) electrons. The minimum absolute atomic E-state index is 0.539. The van der Waals surface area contributed by atoms with Crippen molar-refractivity contribution in [2.24, 2.45) is 0 Å². The Morgan fingerprint density at radius 3 is 3.33 bits per heavy atom. The molecule has 1 aliphatic heterocycles. The van der Waals surface area contributed by atoms with E-state index >= 15 is 0 Å². The summed E-state index contributed by atoms with van der Waals surface area (Å²) in [7, 11) is 0. The zero-order chi connectivity index (χ0) is 10.5. The average Bonchev–Trinajstić information content (AvgIpc) is 2.79. The molecular weight excluding hydrogens is 188 g/mol. The van der Waals surface area contributed by atoms with Crippen LogP contribution in [0.3, 0.4) is 0 Å². The van der Waals surface area contributed by atoms with Gasteiger partial charge in [-0.15, -0.1) is 0 Å². The lowest BCUT2D eigenvalue weighted by Crippen LogP contribution is -2.29. The highest BCUT2D eigenvalue weighted by Crippen LogP contribution is 2.08. The van der Waals surface area contributed by atoms with Gasteiger partial charge >= 0.3 is 0 Å². The fraction of sp³-hybridized carbons (Fsp3) is 0.455. The average molecular weight is 202 g/mol. The monoisotopic (exact) mass is 202 g/mol. The molecule has 0 saturated carbocycles. The van der Waals surface area contributed by atoms with Crippen molar-refractivity contribution in [3.05, 3.63) is 23.9 Å². The van der Waals surface area contributed by atoms with E-state index in [0.29, 0.717) is 11.6 Å². The van der Waals surface area contributed by atoms with Crippen molar-refractivity contribution in [1.29, 1.82) is 5.26 Å². The molecule has 0 bridgehead atoms. The third-order valence-corrected chi connectivity index (χ3v) is 2.58. The molecule has 0 amide bonds. The molecule has 4 nitrogen and oxygen atoms in total. The summed E-state index contributed by atoms with van der Waals surface area (Å²) >= 11 is 0. The van der Waals surface area contributed by atoms with Crippen molar-refractivity contribution >= 4 is 5.82 Å². The second kappa shape index (κ2) is 4.76. The fourth-order valence-electron chi connectivity index (χ4n) is 1.76. The Kier molecular flexibility index (Phi) is 3.15. The van der Waals surface area contributed by atoms with Gasteiger partial charge in [-0.1, -0.05) is 0 Å². The Morgan fingerprint density at radius 1 is 1.67 bits per heavy atom. The van der Waals surface area contributed by atoms with Gasteiger partial charge in [-0.2, -0.15) is 5.26 Å². The molecule has 1 fully saturated rings. The lowest BCUT2D eigenvalue weighted by atomic mass is 10.2. The van der Waals surface area contributed by atoms with Gasteiger partial charge in [-0.05, 0) is 31.5 Å². The van der Waals surface area contributed by atoms with Gasteiger partial charge in [0.15, 0.2) is 0 Å². The number of rotatable bonds is 3. The Labute approximate surface area is 89.3 Å².